The van der Waals surface area contributed by atoms with Gasteiger partial charge in [-0.25, -0.2) is 9.59 Å². The van der Waals surface area contributed by atoms with Gasteiger partial charge in [-0.2, -0.15) is 0 Å². The molecule has 2 aromatic rings. The minimum atomic E-state index is -0.847. The second-order valence-electron chi connectivity index (χ2n) is 10.6. The van der Waals surface area contributed by atoms with Crippen molar-refractivity contribution in [2.24, 2.45) is 5.92 Å². The third-order valence-electron chi connectivity index (χ3n) is 7.16. The molecular formula is C33H47NO7. The molecule has 0 spiro atoms. The molecule has 8 nitrogen and oxygen atoms in total. The Labute approximate surface area is 244 Å². The van der Waals surface area contributed by atoms with E-state index in [9.17, 15) is 19.7 Å². The number of ether oxygens (including phenoxy) is 3. The molecule has 8 heteroatoms. The molecule has 0 radical (unpaired) electrons. The number of esters is 2. The van der Waals surface area contributed by atoms with E-state index in [0.29, 0.717) is 0 Å². The van der Waals surface area contributed by atoms with Gasteiger partial charge in [-0.15, -0.1) is 0 Å². The lowest BCUT2D eigenvalue weighted by Crippen LogP contribution is -2.16. The molecule has 1 atom stereocenters. The zero-order valence-electron chi connectivity index (χ0n) is 25.0. The molecule has 0 saturated heterocycles. The molecular weight excluding hydrogens is 522 g/mol. The largest absolute Gasteiger partial charge is 0.486 e. The van der Waals surface area contributed by atoms with Crippen molar-refractivity contribution in [2.75, 3.05) is 13.2 Å². The summed E-state index contributed by atoms with van der Waals surface area (Å²) < 4.78 is 16.7. The predicted molar refractivity (Wildman–Crippen MR) is 161 cm³/mol. The van der Waals surface area contributed by atoms with Crippen LogP contribution in [0.25, 0.3) is 0 Å². The maximum absolute atomic E-state index is 13.2. The van der Waals surface area contributed by atoms with Gasteiger partial charge in [0.25, 0.3) is 0 Å². The van der Waals surface area contributed by atoms with E-state index in [1.54, 1.807) is 12.1 Å². The second-order valence-corrected chi connectivity index (χ2v) is 10.6. The molecule has 0 fully saturated rings. The van der Waals surface area contributed by atoms with Crippen LogP contribution in [-0.2, 0) is 4.74 Å². The first-order valence-electron chi connectivity index (χ1n) is 15.3. The number of carbonyl (C=O) groups is 2. The monoisotopic (exact) mass is 569 g/mol. The average Bonchev–Trinajstić information content (AvgIpc) is 2.98. The molecule has 2 rings (SSSR count). The fourth-order valence-corrected chi connectivity index (χ4v) is 4.39. The van der Waals surface area contributed by atoms with E-state index in [4.69, 9.17) is 14.2 Å². The number of nitro groups is 1. The third kappa shape index (κ3) is 12.3. The first kappa shape index (κ1) is 33.8. The van der Waals surface area contributed by atoms with Crippen LogP contribution >= 0.6 is 0 Å². The quantitative estimate of drug-likeness (QED) is 0.0485. The van der Waals surface area contributed by atoms with Crippen LogP contribution in [0.1, 0.15) is 125 Å². The van der Waals surface area contributed by atoms with Crippen molar-refractivity contribution in [1.82, 2.24) is 0 Å². The molecule has 0 N–H and O–H groups in total. The highest BCUT2D eigenvalue weighted by atomic mass is 16.6. The van der Waals surface area contributed by atoms with Crippen LogP contribution in [0.15, 0.2) is 42.5 Å². The Morgan fingerprint density at radius 2 is 1.37 bits per heavy atom. The second kappa shape index (κ2) is 19.6. The van der Waals surface area contributed by atoms with Crippen LogP contribution in [0.2, 0.25) is 0 Å². The van der Waals surface area contributed by atoms with Gasteiger partial charge in [-0.3, -0.25) is 10.1 Å². The van der Waals surface area contributed by atoms with Crippen LogP contribution in [0, 0.1) is 16.0 Å². The van der Waals surface area contributed by atoms with Crippen molar-refractivity contribution in [1.29, 1.82) is 0 Å². The first-order chi connectivity index (χ1) is 19.9. The van der Waals surface area contributed by atoms with Crippen LogP contribution < -0.4 is 9.47 Å². The molecule has 0 aliphatic carbocycles. The van der Waals surface area contributed by atoms with Crippen LogP contribution in [0.5, 0.6) is 11.5 Å². The summed E-state index contributed by atoms with van der Waals surface area (Å²) in [5, 5.41) is 11.7. The predicted octanol–water partition coefficient (Wildman–Crippen LogP) is 9.10. The molecule has 0 bridgehead atoms. The Hall–Kier alpha value is -3.42. The summed E-state index contributed by atoms with van der Waals surface area (Å²) in [5.41, 5.74) is -0.269. The molecule has 2 aromatic carbocycles. The lowest BCUT2D eigenvalue weighted by molar-refractivity contribution is -0.385. The summed E-state index contributed by atoms with van der Waals surface area (Å²) in [7, 11) is 0. The molecule has 1 unspecified atom stereocenters. The Morgan fingerprint density at radius 3 is 1.98 bits per heavy atom. The normalized spacial score (nSPS) is 11.6. The number of para-hydroxylation sites is 2. The Morgan fingerprint density at radius 1 is 0.780 bits per heavy atom. The number of carbonyl (C=O) groups excluding carboxylic acids is 2. The minimum Gasteiger partial charge on any atom is -0.486 e. The molecule has 0 saturated carbocycles. The van der Waals surface area contributed by atoms with Crippen molar-refractivity contribution in [2.45, 2.75) is 104 Å². The number of hydrogen-bond donors (Lipinski definition) is 0. The van der Waals surface area contributed by atoms with E-state index in [1.165, 1.54) is 81.7 Å². The fraction of sp³-hybridized carbons (Fsp3) is 0.576. The number of benzene rings is 2. The highest BCUT2D eigenvalue weighted by Crippen LogP contribution is 2.32. The Balaban J connectivity index is 1.92. The summed E-state index contributed by atoms with van der Waals surface area (Å²) in [6.07, 6.45) is 15.2. The number of rotatable bonds is 21. The smallest absolute Gasteiger partial charge is 0.347 e. The van der Waals surface area contributed by atoms with Gasteiger partial charge in [0.15, 0.2) is 0 Å². The summed E-state index contributed by atoms with van der Waals surface area (Å²) in [4.78, 5) is 36.9. The number of nitro benzene ring substituents is 1. The average molecular weight is 570 g/mol. The summed E-state index contributed by atoms with van der Waals surface area (Å²) in [6, 6.07) is 10.4. The van der Waals surface area contributed by atoms with Gasteiger partial charge < -0.3 is 14.2 Å². The van der Waals surface area contributed by atoms with E-state index in [1.807, 2.05) is 13.8 Å². The van der Waals surface area contributed by atoms with Crippen LogP contribution in [0.3, 0.4) is 0 Å². The lowest BCUT2D eigenvalue weighted by Gasteiger charge is -2.14. The van der Waals surface area contributed by atoms with E-state index in [0.717, 1.165) is 32.1 Å². The maximum Gasteiger partial charge on any atom is 0.347 e. The third-order valence-corrected chi connectivity index (χ3v) is 7.16. The number of nitrogens with zero attached hydrogens (tertiary/aromatic N) is 1. The standard InChI is InChI=1S/C33H47NO7/c1-4-6-7-8-9-10-11-12-13-14-15-18-24-39-31-28(21-19-22-29(31)34(37)38)33(36)41-30-23-17-16-20-27(30)32(35)40-25-26(3)5-2/h16-17,19-23,26H,4-15,18,24-25H2,1-3H3. The van der Waals surface area contributed by atoms with Gasteiger partial charge in [-0.05, 0) is 30.5 Å². The highest BCUT2D eigenvalue weighted by Gasteiger charge is 2.26. The highest BCUT2D eigenvalue weighted by molar-refractivity contribution is 5.98. The van der Waals surface area contributed by atoms with Gasteiger partial charge in [0.05, 0.1) is 18.1 Å². The first-order valence-corrected chi connectivity index (χ1v) is 15.3. The SMILES string of the molecule is CCCCCCCCCCCCCCOc1c(C(=O)Oc2ccccc2C(=O)OCC(C)CC)cccc1[N+](=O)[O-]. The molecule has 0 aliphatic rings. The van der Waals surface area contributed by atoms with Crippen molar-refractivity contribution in [3.63, 3.8) is 0 Å². The zero-order valence-corrected chi connectivity index (χ0v) is 25.0. The summed E-state index contributed by atoms with van der Waals surface area (Å²) >= 11 is 0. The summed E-state index contributed by atoms with van der Waals surface area (Å²) in [5.74, 6) is -1.35. The fourth-order valence-electron chi connectivity index (χ4n) is 4.39. The van der Waals surface area contributed by atoms with Gasteiger partial charge in [-0.1, -0.05) is 116 Å². The maximum atomic E-state index is 13.2. The summed E-state index contributed by atoms with van der Waals surface area (Å²) in [6.45, 7) is 6.71. The van der Waals surface area contributed by atoms with E-state index >= 15 is 0 Å². The van der Waals surface area contributed by atoms with E-state index in [2.05, 4.69) is 6.92 Å². The Bertz CT molecular complexity index is 1090. The lowest BCUT2D eigenvalue weighted by atomic mass is 10.1. The number of hydrogen-bond acceptors (Lipinski definition) is 7. The van der Waals surface area contributed by atoms with Crippen molar-refractivity contribution in [3.8, 4) is 11.5 Å². The minimum absolute atomic E-state index is 0.0186. The van der Waals surface area contributed by atoms with Crippen LogP contribution in [-0.4, -0.2) is 30.1 Å². The molecule has 226 valence electrons. The molecule has 41 heavy (non-hydrogen) atoms. The Kier molecular flexibility index (Phi) is 16.2. The molecule has 0 aliphatic heterocycles. The number of unbranched alkanes of at least 4 members (excludes halogenated alkanes) is 11. The van der Waals surface area contributed by atoms with Gasteiger partial charge in [0.1, 0.15) is 16.9 Å². The zero-order chi connectivity index (χ0) is 29.9. The molecule has 0 amide bonds. The van der Waals surface area contributed by atoms with Gasteiger partial charge >= 0.3 is 17.6 Å². The van der Waals surface area contributed by atoms with Crippen molar-refractivity contribution in [3.05, 3.63) is 63.7 Å². The van der Waals surface area contributed by atoms with Crippen molar-refractivity contribution >= 4 is 17.6 Å². The van der Waals surface area contributed by atoms with Crippen molar-refractivity contribution < 1.29 is 28.7 Å². The van der Waals surface area contributed by atoms with E-state index < -0.39 is 16.9 Å². The van der Waals surface area contributed by atoms with Gasteiger partial charge in [0, 0.05) is 6.07 Å². The molecule has 0 heterocycles. The topological polar surface area (TPSA) is 105 Å². The molecule has 0 aromatic heterocycles. The van der Waals surface area contributed by atoms with Crippen LogP contribution in [0.4, 0.5) is 5.69 Å². The van der Waals surface area contributed by atoms with E-state index in [-0.39, 0.29) is 47.4 Å². The van der Waals surface area contributed by atoms with Gasteiger partial charge in [0.2, 0.25) is 5.75 Å².